The zero-order valence-electron chi connectivity index (χ0n) is 18.7. The molecule has 0 bridgehead atoms. The van der Waals surface area contributed by atoms with Gasteiger partial charge in [-0.3, -0.25) is 14.5 Å². The van der Waals surface area contributed by atoms with Crippen molar-refractivity contribution in [1.29, 1.82) is 0 Å². The molecule has 0 atom stereocenters. The maximum atomic E-state index is 12.8. The van der Waals surface area contributed by atoms with Gasteiger partial charge in [-0.2, -0.15) is 13.2 Å². The summed E-state index contributed by atoms with van der Waals surface area (Å²) in [5.41, 5.74) is -1.03. The summed E-state index contributed by atoms with van der Waals surface area (Å²) in [4.78, 5) is 32.5. The molecule has 6 nitrogen and oxygen atoms in total. The molecule has 1 aromatic heterocycles. The van der Waals surface area contributed by atoms with E-state index < -0.39 is 17.6 Å². The molecule has 2 N–H and O–H groups in total. The Morgan fingerprint density at radius 1 is 1.21 bits per heavy atom. The van der Waals surface area contributed by atoms with E-state index in [1.54, 1.807) is 23.1 Å². The molecule has 2 aromatic rings. The van der Waals surface area contributed by atoms with E-state index in [1.807, 2.05) is 12.5 Å². The Labute approximate surface area is 204 Å². The van der Waals surface area contributed by atoms with E-state index in [1.165, 1.54) is 17.0 Å². The maximum absolute atomic E-state index is 12.8. The fourth-order valence-electron chi connectivity index (χ4n) is 4.56. The van der Waals surface area contributed by atoms with Crippen molar-refractivity contribution in [2.24, 2.45) is 0 Å². The summed E-state index contributed by atoms with van der Waals surface area (Å²) in [7, 11) is 0. The number of rotatable bonds is 7. The average Bonchev–Trinajstić information content (AvgIpc) is 3.28. The van der Waals surface area contributed by atoms with Crippen LogP contribution in [0.15, 0.2) is 34.8 Å². The van der Waals surface area contributed by atoms with Crippen molar-refractivity contribution in [2.75, 3.05) is 25.9 Å². The van der Waals surface area contributed by atoms with Crippen molar-refractivity contribution >= 4 is 34.9 Å². The number of likely N-dealkylation sites (tertiary alicyclic amines) is 1. The Morgan fingerprint density at radius 3 is 2.59 bits per heavy atom. The second-order valence-electron chi connectivity index (χ2n) is 8.72. The van der Waals surface area contributed by atoms with E-state index in [0.717, 1.165) is 55.2 Å². The van der Waals surface area contributed by atoms with Gasteiger partial charge in [-0.05, 0) is 56.1 Å². The first-order chi connectivity index (χ1) is 16.2. The Balaban J connectivity index is 1.15. The summed E-state index contributed by atoms with van der Waals surface area (Å²) >= 11 is 3.48. The number of alkyl halides is 3. The largest absolute Gasteiger partial charge is 0.416 e. The van der Waals surface area contributed by atoms with Gasteiger partial charge in [0, 0.05) is 35.8 Å². The minimum Gasteiger partial charge on any atom is -0.349 e. The topological polar surface area (TPSA) is 74.3 Å². The molecule has 1 aliphatic heterocycles. The number of thiazole rings is 1. The molecular weight excluding hydrogens is 485 g/mol. The number of hydrogen-bond acceptors (Lipinski definition) is 6. The number of benzene rings is 1. The Kier molecular flexibility index (Phi) is 7.83. The van der Waals surface area contributed by atoms with Crippen LogP contribution in [0.25, 0.3) is 0 Å². The van der Waals surface area contributed by atoms with Gasteiger partial charge < -0.3 is 10.6 Å². The monoisotopic (exact) mass is 512 g/mol. The first-order valence-corrected chi connectivity index (χ1v) is 13.3. The minimum absolute atomic E-state index is 0.0290. The molecular formula is C23H27F3N4O2S2. The van der Waals surface area contributed by atoms with Crippen LogP contribution in [0, 0.1) is 0 Å². The molecule has 1 saturated carbocycles. The number of carbonyl (C=O) groups excluding carboxylic acids is 2. The van der Waals surface area contributed by atoms with Crippen LogP contribution in [0.1, 0.15) is 52.4 Å². The third-order valence-corrected chi connectivity index (χ3v) is 8.59. The molecule has 2 fully saturated rings. The van der Waals surface area contributed by atoms with Crippen LogP contribution < -0.4 is 10.6 Å². The standard InChI is InChI=1S/C23H27F3N4O2S2/c1-33-22-28-10-19(34-22)14-5-7-18(8-6-14)30-12-17(13-30)29-20(31)11-27-21(32)15-3-2-4-16(9-15)23(24,25)26/h2-4,9-10,14,17-18H,5-8,11-13H2,1H3,(H,27,32)(H,29,31). The molecule has 0 unspecified atom stereocenters. The lowest BCUT2D eigenvalue weighted by molar-refractivity contribution is -0.137. The van der Waals surface area contributed by atoms with Crippen molar-refractivity contribution in [1.82, 2.24) is 20.5 Å². The first kappa shape index (κ1) is 25.0. The molecule has 11 heteroatoms. The van der Waals surface area contributed by atoms with Gasteiger partial charge in [0.05, 0.1) is 18.2 Å². The van der Waals surface area contributed by atoms with Crippen molar-refractivity contribution in [3.8, 4) is 0 Å². The predicted octanol–water partition coefficient (Wildman–Crippen LogP) is 4.14. The molecule has 1 aliphatic carbocycles. The van der Waals surface area contributed by atoms with Crippen LogP contribution in [-0.2, 0) is 11.0 Å². The highest BCUT2D eigenvalue weighted by Gasteiger charge is 2.36. The Morgan fingerprint density at radius 2 is 1.94 bits per heavy atom. The number of thioether (sulfide) groups is 1. The van der Waals surface area contributed by atoms with E-state index >= 15 is 0 Å². The summed E-state index contributed by atoms with van der Waals surface area (Å²) in [6, 6.07) is 4.70. The van der Waals surface area contributed by atoms with Crippen molar-refractivity contribution in [3.05, 3.63) is 46.5 Å². The number of nitrogens with zero attached hydrogens (tertiary/aromatic N) is 2. The van der Waals surface area contributed by atoms with Gasteiger partial charge in [-0.15, -0.1) is 11.3 Å². The lowest BCUT2D eigenvalue weighted by Gasteiger charge is -2.46. The number of amides is 2. The van der Waals surface area contributed by atoms with Gasteiger partial charge in [0.15, 0.2) is 0 Å². The van der Waals surface area contributed by atoms with Gasteiger partial charge in [-0.1, -0.05) is 17.8 Å². The molecule has 0 radical (unpaired) electrons. The minimum atomic E-state index is -4.53. The first-order valence-electron chi connectivity index (χ1n) is 11.2. The van der Waals surface area contributed by atoms with Gasteiger partial charge in [0.25, 0.3) is 5.91 Å². The van der Waals surface area contributed by atoms with Crippen LogP contribution in [0.3, 0.4) is 0 Å². The van der Waals surface area contributed by atoms with Gasteiger partial charge in [-0.25, -0.2) is 4.98 Å². The van der Waals surface area contributed by atoms with Crippen LogP contribution in [0.5, 0.6) is 0 Å². The van der Waals surface area contributed by atoms with Crippen LogP contribution in [-0.4, -0.2) is 59.7 Å². The van der Waals surface area contributed by atoms with Crippen molar-refractivity contribution in [3.63, 3.8) is 0 Å². The molecule has 2 amide bonds. The zero-order chi connectivity index (χ0) is 24.3. The summed E-state index contributed by atoms with van der Waals surface area (Å²) < 4.78 is 39.5. The Hall–Kier alpha value is -2.11. The highest BCUT2D eigenvalue weighted by atomic mass is 32.2. The van der Waals surface area contributed by atoms with Crippen LogP contribution >= 0.6 is 23.1 Å². The fourth-order valence-corrected chi connectivity index (χ4v) is 6.15. The fraction of sp³-hybridized carbons (Fsp3) is 0.522. The number of nitrogens with one attached hydrogen (secondary N) is 2. The average molecular weight is 513 g/mol. The number of hydrogen-bond donors (Lipinski definition) is 2. The molecule has 2 heterocycles. The smallest absolute Gasteiger partial charge is 0.349 e. The van der Waals surface area contributed by atoms with E-state index in [4.69, 9.17) is 0 Å². The number of carbonyl (C=O) groups is 2. The Bertz CT molecular complexity index is 1020. The molecule has 4 rings (SSSR count). The van der Waals surface area contributed by atoms with E-state index in [9.17, 15) is 22.8 Å². The molecule has 34 heavy (non-hydrogen) atoms. The second-order valence-corrected chi connectivity index (χ2v) is 10.8. The zero-order valence-corrected chi connectivity index (χ0v) is 20.4. The third-order valence-electron chi connectivity index (χ3n) is 6.43. The molecule has 1 aromatic carbocycles. The van der Waals surface area contributed by atoms with Crippen molar-refractivity contribution < 1.29 is 22.8 Å². The lowest BCUT2D eigenvalue weighted by Crippen LogP contribution is -2.63. The van der Waals surface area contributed by atoms with E-state index in [-0.39, 0.29) is 24.1 Å². The normalized spacial score (nSPS) is 21.6. The lowest BCUT2D eigenvalue weighted by atomic mass is 9.83. The summed E-state index contributed by atoms with van der Waals surface area (Å²) in [5, 5.41) is 5.28. The SMILES string of the molecule is CSc1ncc(C2CCC(N3CC(NC(=O)CNC(=O)c4cccc(C(F)(F)F)c4)C3)CC2)s1. The second kappa shape index (κ2) is 10.7. The summed E-state index contributed by atoms with van der Waals surface area (Å²) in [6.45, 7) is 1.28. The van der Waals surface area contributed by atoms with Crippen molar-refractivity contribution in [2.45, 2.75) is 54.2 Å². The number of aromatic nitrogens is 1. The quantitative estimate of drug-likeness (QED) is 0.546. The van der Waals surface area contributed by atoms with Gasteiger partial charge in [0.2, 0.25) is 5.91 Å². The maximum Gasteiger partial charge on any atom is 0.416 e. The molecule has 2 aliphatic rings. The van der Waals surface area contributed by atoms with Crippen LogP contribution in [0.4, 0.5) is 13.2 Å². The highest BCUT2D eigenvalue weighted by Crippen LogP contribution is 2.39. The van der Waals surface area contributed by atoms with Gasteiger partial charge in [0.1, 0.15) is 4.34 Å². The predicted molar refractivity (Wildman–Crippen MR) is 126 cm³/mol. The highest BCUT2D eigenvalue weighted by molar-refractivity contribution is 8.00. The molecule has 184 valence electrons. The molecule has 0 spiro atoms. The molecule has 1 saturated heterocycles. The summed E-state index contributed by atoms with van der Waals surface area (Å²) in [6.07, 6.45) is 4.09. The van der Waals surface area contributed by atoms with E-state index in [2.05, 4.69) is 20.5 Å². The third kappa shape index (κ3) is 6.11. The summed E-state index contributed by atoms with van der Waals surface area (Å²) in [5.74, 6) is -0.464. The van der Waals surface area contributed by atoms with E-state index in [0.29, 0.717) is 12.0 Å². The van der Waals surface area contributed by atoms with Crippen LogP contribution in [0.2, 0.25) is 0 Å². The number of halogens is 3. The van der Waals surface area contributed by atoms with Gasteiger partial charge >= 0.3 is 6.18 Å².